The first kappa shape index (κ1) is 26.7. The van der Waals surface area contributed by atoms with Gasteiger partial charge in [0.25, 0.3) is 0 Å². The third kappa shape index (κ3) is 6.16. The van der Waals surface area contributed by atoms with Crippen LogP contribution in [0.25, 0.3) is 27.8 Å². The zero-order chi connectivity index (χ0) is 28.0. The molecule has 6 rings (SSSR count). The van der Waals surface area contributed by atoms with E-state index in [4.69, 9.17) is 4.74 Å². The van der Waals surface area contributed by atoms with Gasteiger partial charge in [-0.05, 0) is 59.7 Å². The van der Waals surface area contributed by atoms with E-state index < -0.39 is 0 Å². The second kappa shape index (κ2) is 12.4. The van der Waals surface area contributed by atoms with E-state index in [2.05, 4.69) is 56.9 Å². The lowest BCUT2D eigenvalue weighted by atomic mass is 10.0. The van der Waals surface area contributed by atoms with E-state index in [9.17, 15) is 4.79 Å². The molecule has 0 aliphatic rings. The van der Waals surface area contributed by atoms with Gasteiger partial charge in [0.2, 0.25) is 5.91 Å². The van der Waals surface area contributed by atoms with Gasteiger partial charge in [0.1, 0.15) is 5.75 Å². The van der Waals surface area contributed by atoms with Crippen LogP contribution in [-0.4, -0.2) is 38.0 Å². The second-order valence-corrected chi connectivity index (χ2v) is 11.3. The summed E-state index contributed by atoms with van der Waals surface area (Å²) >= 11 is 2.83. The van der Waals surface area contributed by atoms with Crippen LogP contribution in [0.1, 0.15) is 17.4 Å². The van der Waals surface area contributed by atoms with Crippen molar-refractivity contribution in [2.45, 2.75) is 18.5 Å². The van der Waals surface area contributed by atoms with Gasteiger partial charge in [0, 0.05) is 28.7 Å². The standard InChI is InChI=1S/C32H27N5O2S2/c1-2-39-26-17-15-23(16-18-26)30-35-36-32(37(30)25-12-4-3-5-13-25)40-21-29(38)34-31-33-20-27(41-31)19-24-11-8-10-22-9-6-7-14-28(22)24/h3-18,20H,2,19,21H2,1H3,(H,33,34,38). The molecule has 2 heterocycles. The van der Waals surface area contributed by atoms with Crippen molar-refractivity contribution < 1.29 is 9.53 Å². The Morgan fingerprint density at radius 3 is 2.54 bits per heavy atom. The monoisotopic (exact) mass is 577 g/mol. The molecule has 0 radical (unpaired) electrons. The Bertz CT molecular complexity index is 1780. The summed E-state index contributed by atoms with van der Waals surface area (Å²) in [5, 5.41) is 15.5. The molecule has 0 atom stereocenters. The quantitative estimate of drug-likeness (QED) is 0.173. The number of aromatic nitrogens is 4. The Morgan fingerprint density at radius 2 is 1.71 bits per heavy atom. The number of rotatable bonds is 10. The number of hydrogen-bond donors (Lipinski definition) is 1. The average molecular weight is 578 g/mol. The van der Waals surface area contributed by atoms with Crippen LogP contribution in [0, 0.1) is 0 Å². The van der Waals surface area contributed by atoms with E-state index in [1.165, 1.54) is 39.4 Å². The topological polar surface area (TPSA) is 81.9 Å². The SMILES string of the molecule is CCOc1ccc(-c2nnc(SCC(=O)Nc3ncc(Cc4cccc5ccccc45)s3)n2-c2ccccc2)cc1. The van der Waals surface area contributed by atoms with Gasteiger partial charge in [-0.25, -0.2) is 4.98 Å². The van der Waals surface area contributed by atoms with Crippen molar-refractivity contribution >= 4 is 44.9 Å². The van der Waals surface area contributed by atoms with E-state index in [1.807, 2.05) is 78.4 Å². The summed E-state index contributed by atoms with van der Waals surface area (Å²) in [6, 6.07) is 32.4. The molecule has 204 valence electrons. The number of nitrogens with zero attached hydrogens (tertiary/aromatic N) is 4. The molecule has 0 saturated carbocycles. The number of thiazole rings is 1. The van der Waals surface area contributed by atoms with Crippen LogP contribution in [0.3, 0.4) is 0 Å². The Morgan fingerprint density at radius 1 is 0.927 bits per heavy atom. The van der Waals surface area contributed by atoms with Crippen LogP contribution in [0.15, 0.2) is 108 Å². The number of benzene rings is 4. The molecule has 0 aliphatic heterocycles. The van der Waals surface area contributed by atoms with E-state index in [0.29, 0.717) is 22.7 Å². The van der Waals surface area contributed by atoms with Crippen LogP contribution in [0.2, 0.25) is 0 Å². The molecule has 0 aliphatic carbocycles. The summed E-state index contributed by atoms with van der Waals surface area (Å²) in [6.45, 7) is 2.56. The number of hydrogen-bond acceptors (Lipinski definition) is 7. The molecule has 0 saturated heterocycles. The summed E-state index contributed by atoms with van der Waals surface area (Å²) in [4.78, 5) is 18.5. The fraction of sp³-hybridized carbons (Fsp3) is 0.125. The van der Waals surface area contributed by atoms with Crippen LogP contribution in [0.5, 0.6) is 5.75 Å². The van der Waals surface area contributed by atoms with Crippen molar-refractivity contribution in [3.63, 3.8) is 0 Å². The van der Waals surface area contributed by atoms with E-state index in [1.54, 1.807) is 0 Å². The van der Waals surface area contributed by atoms with Crippen molar-refractivity contribution in [2.75, 3.05) is 17.7 Å². The molecular weight excluding hydrogens is 551 g/mol. The largest absolute Gasteiger partial charge is 0.494 e. The first-order chi connectivity index (χ1) is 20.2. The van der Waals surface area contributed by atoms with Gasteiger partial charge < -0.3 is 10.1 Å². The van der Waals surface area contributed by atoms with Gasteiger partial charge >= 0.3 is 0 Å². The third-order valence-corrected chi connectivity index (χ3v) is 8.29. The van der Waals surface area contributed by atoms with Crippen LogP contribution >= 0.6 is 23.1 Å². The van der Waals surface area contributed by atoms with Crippen molar-refractivity contribution in [1.82, 2.24) is 19.7 Å². The second-order valence-electron chi connectivity index (χ2n) is 9.22. The fourth-order valence-corrected chi connectivity index (χ4v) is 6.20. The fourth-order valence-electron chi connectivity index (χ4n) is 4.59. The van der Waals surface area contributed by atoms with Crippen molar-refractivity contribution in [1.29, 1.82) is 0 Å². The third-order valence-electron chi connectivity index (χ3n) is 6.45. The molecule has 7 nitrogen and oxygen atoms in total. The number of ether oxygens (including phenoxy) is 1. The molecule has 0 bridgehead atoms. The van der Waals surface area contributed by atoms with Crippen molar-refractivity contribution in [3.8, 4) is 22.8 Å². The summed E-state index contributed by atoms with van der Waals surface area (Å²) in [5.74, 6) is 1.52. The first-order valence-corrected chi connectivity index (χ1v) is 15.1. The minimum Gasteiger partial charge on any atom is -0.494 e. The highest BCUT2D eigenvalue weighted by Crippen LogP contribution is 2.30. The van der Waals surface area contributed by atoms with E-state index in [0.717, 1.165) is 28.3 Å². The lowest BCUT2D eigenvalue weighted by molar-refractivity contribution is -0.113. The minimum atomic E-state index is -0.147. The summed E-state index contributed by atoms with van der Waals surface area (Å²) in [7, 11) is 0. The van der Waals surface area contributed by atoms with Crippen molar-refractivity contribution in [2.24, 2.45) is 0 Å². The molecule has 6 aromatic rings. The maximum absolute atomic E-state index is 12.9. The maximum Gasteiger partial charge on any atom is 0.236 e. The molecule has 0 fully saturated rings. The molecule has 2 aromatic heterocycles. The summed E-state index contributed by atoms with van der Waals surface area (Å²) < 4.78 is 7.55. The molecule has 1 amide bonds. The number of fused-ring (bicyclic) bond motifs is 1. The summed E-state index contributed by atoms with van der Waals surface area (Å²) in [6.07, 6.45) is 2.60. The van der Waals surface area contributed by atoms with Gasteiger partial charge in [-0.15, -0.1) is 21.5 Å². The lowest BCUT2D eigenvalue weighted by Gasteiger charge is -2.11. The molecule has 1 N–H and O–H groups in total. The molecule has 0 unspecified atom stereocenters. The molecule has 41 heavy (non-hydrogen) atoms. The Hall–Kier alpha value is -4.47. The van der Waals surface area contributed by atoms with Gasteiger partial charge in [0.15, 0.2) is 16.1 Å². The zero-order valence-electron chi connectivity index (χ0n) is 22.4. The lowest BCUT2D eigenvalue weighted by Crippen LogP contribution is -2.14. The first-order valence-electron chi connectivity index (χ1n) is 13.3. The van der Waals surface area contributed by atoms with E-state index in [-0.39, 0.29) is 11.7 Å². The highest BCUT2D eigenvalue weighted by Gasteiger charge is 2.18. The average Bonchev–Trinajstić information content (AvgIpc) is 3.64. The Balaban J connectivity index is 1.15. The number of para-hydroxylation sites is 1. The predicted octanol–water partition coefficient (Wildman–Crippen LogP) is 7.26. The number of thioether (sulfide) groups is 1. The summed E-state index contributed by atoms with van der Waals surface area (Å²) in [5.41, 5.74) is 3.06. The smallest absolute Gasteiger partial charge is 0.236 e. The normalized spacial score (nSPS) is 11.0. The van der Waals surface area contributed by atoms with Crippen LogP contribution < -0.4 is 10.1 Å². The minimum absolute atomic E-state index is 0.147. The van der Waals surface area contributed by atoms with Crippen LogP contribution in [0.4, 0.5) is 5.13 Å². The van der Waals surface area contributed by atoms with Gasteiger partial charge in [-0.3, -0.25) is 9.36 Å². The molecule has 0 spiro atoms. The number of anilines is 1. The van der Waals surface area contributed by atoms with Crippen LogP contribution in [-0.2, 0) is 11.2 Å². The van der Waals surface area contributed by atoms with Gasteiger partial charge in [-0.1, -0.05) is 72.4 Å². The molecule has 9 heteroatoms. The van der Waals surface area contributed by atoms with Crippen molar-refractivity contribution in [3.05, 3.63) is 114 Å². The molecule has 4 aromatic carbocycles. The van der Waals surface area contributed by atoms with Gasteiger partial charge in [0.05, 0.1) is 12.4 Å². The number of carbonyl (C=O) groups is 1. The Kier molecular flexibility index (Phi) is 8.06. The Labute approximate surface area is 246 Å². The number of nitrogens with one attached hydrogen (secondary N) is 1. The highest BCUT2D eigenvalue weighted by molar-refractivity contribution is 7.99. The zero-order valence-corrected chi connectivity index (χ0v) is 24.0. The highest BCUT2D eigenvalue weighted by atomic mass is 32.2. The van der Waals surface area contributed by atoms with Gasteiger partial charge in [-0.2, -0.15) is 0 Å². The molecular formula is C32H27N5O2S2. The maximum atomic E-state index is 12.9. The van der Waals surface area contributed by atoms with E-state index >= 15 is 0 Å². The predicted molar refractivity (Wildman–Crippen MR) is 166 cm³/mol. The number of amides is 1. The number of carbonyl (C=O) groups excluding carboxylic acids is 1.